The zero-order valence-corrected chi connectivity index (χ0v) is 16.5. The van der Waals surface area contributed by atoms with E-state index in [9.17, 15) is 13.6 Å². The Labute approximate surface area is 173 Å². The number of hydrogen-bond acceptors (Lipinski definition) is 6. The molecule has 4 N–H and O–H groups in total. The molecule has 158 valence electrons. The lowest BCUT2D eigenvalue weighted by molar-refractivity contribution is -0.158. The third-order valence-electron chi connectivity index (χ3n) is 4.52. The molecule has 30 heavy (non-hydrogen) atoms. The molecule has 1 saturated heterocycles. The first-order valence-corrected chi connectivity index (χ1v) is 9.46. The quantitative estimate of drug-likeness (QED) is 0.596. The molecule has 0 bridgehead atoms. The Morgan fingerprint density at radius 2 is 1.97 bits per heavy atom. The number of amides is 1. The van der Waals surface area contributed by atoms with E-state index in [1.807, 2.05) is 0 Å². The summed E-state index contributed by atoms with van der Waals surface area (Å²) < 4.78 is 30.3. The molecule has 0 aliphatic carbocycles. The molecule has 0 radical (unpaired) electrons. The Balaban J connectivity index is 1.81. The van der Waals surface area contributed by atoms with Crippen LogP contribution in [-0.2, 0) is 0 Å². The van der Waals surface area contributed by atoms with Crippen molar-refractivity contribution in [1.82, 2.24) is 4.98 Å². The van der Waals surface area contributed by atoms with Crippen LogP contribution in [0, 0.1) is 5.41 Å². The van der Waals surface area contributed by atoms with E-state index in [4.69, 9.17) is 11.1 Å². The van der Waals surface area contributed by atoms with E-state index >= 15 is 0 Å². The molecular formula is C21H23F2N5O2. The first kappa shape index (κ1) is 21.2. The van der Waals surface area contributed by atoms with Gasteiger partial charge in [-0.3, -0.25) is 4.79 Å². The third-order valence-corrected chi connectivity index (χ3v) is 4.52. The van der Waals surface area contributed by atoms with Gasteiger partial charge in [-0.05, 0) is 49.2 Å². The first-order valence-electron chi connectivity index (χ1n) is 9.46. The van der Waals surface area contributed by atoms with E-state index < -0.39 is 12.0 Å². The average molecular weight is 415 g/mol. The molecular weight excluding hydrogens is 392 g/mol. The van der Waals surface area contributed by atoms with Crippen molar-refractivity contribution < 1.29 is 18.3 Å². The summed E-state index contributed by atoms with van der Waals surface area (Å²) in [6.45, 7) is 2.36. The molecule has 2 heterocycles. The number of nitrogens with zero attached hydrogens (tertiary/aromatic N) is 2. The molecule has 0 saturated carbocycles. The van der Waals surface area contributed by atoms with Gasteiger partial charge in [0.15, 0.2) is 0 Å². The third kappa shape index (κ3) is 5.31. The van der Waals surface area contributed by atoms with E-state index in [0.717, 1.165) is 32.1 Å². The van der Waals surface area contributed by atoms with Crippen LogP contribution in [0.1, 0.15) is 35.7 Å². The number of benzene rings is 1. The van der Waals surface area contributed by atoms with Crippen molar-refractivity contribution in [3.63, 3.8) is 0 Å². The number of aromatic nitrogens is 1. The number of nitrogens with two attached hydrogens (primary N) is 1. The van der Waals surface area contributed by atoms with Gasteiger partial charge >= 0.3 is 6.11 Å². The summed E-state index contributed by atoms with van der Waals surface area (Å²) in [7, 11) is 0. The fraction of sp³-hybridized carbons (Fsp3) is 0.286. The number of hydrogen-bond donors (Lipinski definition) is 3. The lowest BCUT2D eigenvalue weighted by Crippen LogP contribution is -2.22. The van der Waals surface area contributed by atoms with Crippen LogP contribution < -0.4 is 20.7 Å². The smallest absolute Gasteiger partial charge is 0.394 e. The number of allylic oxidation sites excluding steroid dienone is 1. The van der Waals surface area contributed by atoms with Crippen LogP contribution in [0.3, 0.4) is 0 Å². The number of ether oxygens (including phenoxy) is 1. The second-order valence-electron chi connectivity index (χ2n) is 6.97. The van der Waals surface area contributed by atoms with E-state index in [-0.39, 0.29) is 11.3 Å². The number of rotatable bonds is 7. The summed E-state index contributed by atoms with van der Waals surface area (Å²) in [6.07, 6.45) is 2.83. The number of anilines is 2. The van der Waals surface area contributed by atoms with Crippen molar-refractivity contribution in [1.29, 1.82) is 5.41 Å². The number of halogens is 2. The fourth-order valence-electron chi connectivity index (χ4n) is 3.17. The van der Waals surface area contributed by atoms with Crippen LogP contribution in [0.15, 0.2) is 42.6 Å². The number of alkyl halides is 2. The molecule has 0 unspecified atom stereocenters. The first-order chi connectivity index (χ1) is 14.3. The normalized spacial score (nSPS) is 14.5. The predicted octanol–water partition coefficient (Wildman–Crippen LogP) is 3.87. The van der Waals surface area contributed by atoms with Crippen molar-refractivity contribution in [3.8, 4) is 5.75 Å². The highest BCUT2D eigenvalue weighted by Gasteiger charge is 2.23. The minimum Gasteiger partial charge on any atom is -0.433 e. The molecule has 1 aromatic carbocycles. The molecule has 0 spiro atoms. The Morgan fingerprint density at radius 3 is 2.57 bits per heavy atom. The van der Waals surface area contributed by atoms with Crippen molar-refractivity contribution in [2.24, 2.45) is 5.73 Å². The molecule has 1 aromatic heterocycles. The molecule has 9 heteroatoms. The summed E-state index contributed by atoms with van der Waals surface area (Å²) in [4.78, 5) is 19.2. The topological polar surface area (TPSA) is 104 Å². The van der Waals surface area contributed by atoms with Crippen LogP contribution in [0.4, 0.5) is 20.3 Å². The van der Waals surface area contributed by atoms with Gasteiger partial charge in [-0.25, -0.2) is 4.98 Å². The van der Waals surface area contributed by atoms with Crippen LogP contribution in [0.5, 0.6) is 5.75 Å². The van der Waals surface area contributed by atoms with E-state index in [2.05, 4.69) is 19.9 Å². The van der Waals surface area contributed by atoms with Crippen molar-refractivity contribution >= 4 is 29.3 Å². The minimum atomic E-state index is -3.28. The summed E-state index contributed by atoms with van der Waals surface area (Å²) in [5, 5.41) is 9.96. The van der Waals surface area contributed by atoms with E-state index in [0.29, 0.717) is 29.7 Å². The molecule has 1 fully saturated rings. The zero-order valence-electron chi connectivity index (χ0n) is 16.5. The maximum atomic E-state index is 12.9. The molecule has 1 aliphatic rings. The molecule has 3 rings (SSSR count). The van der Waals surface area contributed by atoms with Crippen LogP contribution in [0.2, 0.25) is 0 Å². The van der Waals surface area contributed by atoms with E-state index in [1.54, 1.807) is 6.07 Å². The van der Waals surface area contributed by atoms with Gasteiger partial charge in [0.2, 0.25) is 0 Å². The summed E-state index contributed by atoms with van der Waals surface area (Å²) >= 11 is 0. The lowest BCUT2D eigenvalue weighted by atomic mass is 10.1. The van der Waals surface area contributed by atoms with Crippen molar-refractivity contribution in [3.05, 3.63) is 53.7 Å². The maximum Gasteiger partial charge on any atom is 0.394 e. The van der Waals surface area contributed by atoms with Gasteiger partial charge in [-0.2, -0.15) is 8.78 Å². The van der Waals surface area contributed by atoms with Gasteiger partial charge in [0.05, 0.1) is 5.56 Å². The maximum absolute atomic E-state index is 12.9. The van der Waals surface area contributed by atoms with Crippen molar-refractivity contribution in [2.75, 3.05) is 23.3 Å². The Bertz CT molecular complexity index is 949. The van der Waals surface area contributed by atoms with Gasteiger partial charge < -0.3 is 26.1 Å². The number of carbonyl (C=O) groups excluding carboxylic acids is 1. The highest BCUT2D eigenvalue weighted by Crippen LogP contribution is 2.27. The van der Waals surface area contributed by atoms with Gasteiger partial charge in [0.25, 0.3) is 5.91 Å². The SMILES string of the molecule is CC(F)(F)Oc1ccc(NC(=O)c2cnc(N3CCCC3)c(/C(N)=C/C=N)c2)cc1. The Hall–Kier alpha value is -3.49. The summed E-state index contributed by atoms with van der Waals surface area (Å²) in [6, 6.07) is 7.26. The number of pyridine rings is 1. The largest absolute Gasteiger partial charge is 0.433 e. The Morgan fingerprint density at radius 1 is 1.30 bits per heavy atom. The molecule has 1 aliphatic heterocycles. The highest BCUT2D eigenvalue weighted by atomic mass is 19.3. The number of carbonyl (C=O) groups is 1. The monoisotopic (exact) mass is 415 g/mol. The molecule has 7 nitrogen and oxygen atoms in total. The average Bonchev–Trinajstić information content (AvgIpc) is 3.22. The summed E-state index contributed by atoms with van der Waals surface area (Å²) in [5.74, 6) is 0.250. The van der Waals surface area contributed by atoms with Crippen LogP contribution in [0.25, 0.3) is 5.70 Å². The molecule has 0 atom stereocenters. The van der Waals surface area contributed by atoms with E-state index in [1.165, 1.54) is 36.5 Å². The number of nitrogens with one attached hydrogen (secondary N) is 2. The van der Waals surface area contributed by atoms with Gasteiger partial charge in [-0.15, -0.1) is 0 Å². The highest BCUT2D eigenvalue weighted by molar-refractivity contribution is 6.05. The van der Waals surface area contributed by atoms with Crippen LogP contribution >= 0.6 is 0 Å². The molecule has 1 amide bonds. The van der Waals surface area contributed by atoms with Crippen LogP contribution in [-0.4, -0.2) is 36.3 Å². The molecule has 2 aromatic rings. The van der Waals surface area contributed by atoms with Gasteiger partial charge in [0.1, 0.15) is 11.6 Å². The lowest BCUT2D eigenvalue weighted by Gasteiger charge is -2.20. The predicted molar refractivity (Wildman–Crippen MR) is 112 cm³/mol. The van der Waals surface area contributed by atoms with Crippen molar-refractivity contribution in [2.45, 2.75) is 25.9 Å². The standard InChI is InChI=1S/C21H23F2N5O2/c1-21(22,23)30-16-6-4-15(5-7-16)27-20(29)14-12-17(18(25)8-9-24)19(26-13-14)28-10-2-3-11-28/h4-9,12-13,24H,2-3,10-11,25H2,1H3,(H,27,29)/b18-8-,24-9?. The van der Waals surface area contributed by atoms with Gasteiger partial charge in [-0.1, -0.05) is 0 Å². The van der Waals surface area contributed by atoms with Gasteiger partial charge in [0, 0.05) is 49.4 Å². The second kappa shape index (κ2) is 8.89. The zero-order chi connectivity index (χ0) is 21.7. The second-order valence-corrected chi connectivity index (χ2v) is 6.97. The summed E-state index contributed by atoms with van der Waals surface area (Å²) in [5.41, 5.74) is 7.73. The fourth-order valence-corrected chi connectivity index (χ4v) is 3.17. The Kier molecular flexibility index (Phi) is 6.29. The minimum absolute atomic E-state index is 0.0102.